The molecule has 0 radical (unpaired) electrons. The third-order valence-corrected chi connectivity index (χ3v) is 7.23. The Hall–Kier alpha value is -3.13. The van der Waals surface area contributed by atoms with Crippen LogP contribution in [0.15, 0.2) is 24.3 Å². The molecule has 14 heteroatoms. The number of halogens is 5. The molecule has 2 aromatic carbocycles. The zero-order chi connectivity index (χ0) is 30.0. The van der Waals surface area contributed by atoms with E-state index in [4.69, 9.17) is 18.4 Å². The lowest BCUT2D eigenvalue weighted by Gasteiger charge is -2.24. The zero-order valence-electron chi connectivity index (χ0n) is 22.1. The highest BCUT2D eigenvalue weighted by molar-refractivity contribution is 7.87. The monoisotopic (exact) mass is 597 g/mol. The molecule has 0 amide bonds. The molecule has 2 aromatic rings. The minimum Gasteiger partial charge on any atom is -0.495 e. The highest BCUT2D eigenvalue weighted by atomic mass is 32.2. The Labute approximate surface area is 228 Å². The highest BCUT2D eigenvalue weighted by Crippen LogP contribution is 2.45. The summed E-state index contributed by atoms with van der Waals surface area (Å²) in [6.45, 7) is 5.04. The first-order valence-electron chi connectivity index (χ1n) is 12.2. The van der Waals surface area contributed by atoms with Crippen LogP contribution in [-0.4, -0.2) is 44.5 Å². The minimum absolute atomic E-state index is 0.00484. The molecular formula is C26H30F5O8S+. The predicted molar refractivity (Wildman–Crippen MR) is 134 cm³/mol. The number of aliphatic hydroxyl groups excluding tert-OH is 1. The van der Waals surface area contributed by atoms with Gasteiger partial charge in [-0.2, -0.15) is 26.2 Å². The number of carbonyl (C=O) groups is 1. The molecule has 1 unspecified atom stereocenters. The Morgan fingerprint density at radius 1 is 1.18 bits per heavy atom. The molecule has 222 valence electrons. The second kappa shape index (κ2) is 11.8. The maximum atomic E-state index is 13.2. The van der Waals surface area contributed by atoms with Crippen LogP contribution in [0.4, 0.5) is 22.0 Å². The van der Waals surface area contributed by atoms with Crippen molar-refractivity contribution in [2.45, 2.75) is 64.8 Å². The Kier molecular flexibility index (Phi) is 9.24. The predicted octanol–water partition coefficient (Wildman–Crippen LogP) is 6.39. The van der Waals surface area contributed by atoms with E-state index in [0.717, 1.165) is 0 Å². The molecule has 1 heterocycles. The number of carbonyl (C=O) groups excluding carboxylic acids is 1. The van der Waals surface area contributed by atoms with Crippen molar-refractivity contribution in [1.29, 1.82) is 0 Å². The molecule has 3 rings (SSSR count). The standard InChI is InChI=1S/C26H29F5O8S/c1-14(2)10-18(32)17-6-7-19-21(23(17)36-4)24(33)37-13-16-11-15(3)12-20(22(16)38-19)39-40(34,35)9-5-8-25(27,28)26(29,30)31/h6-7,11-12,14,18,32H,5,8-10,13H2,1-4H3/p+1/t18-/m0/s1. The van der Waals surface area contributed by atoms with E-state index in [0.29, 0.717) is 17.5 Å². The summed E-state index contributed by atoms with van der Waals surface area (Å²) < 4.78 is 109. The van der Waals surface area contributed by atoms with Crippen molar-refractivity contribution in [2.75, 3.05) is 12.9 Å². The maximum absolute atomic E-state index is 13.2. The zero-order valence-corrected chi connectivity index (χ0v) is 23.0. The summed E-state index contributed by atoms with van der Waals surface area (Å²) in [7, 11) is -3.11. The summed E-state index contributed by atoms with van der Waals surface area (Å²) in [6.07, 6.45) is -9.06. The van der Waals surface area contributed by atoms with Crippen LogP contribution in [0.2, 0.25) is 0 Å². The van der Waals surface area contributed by atoms with Gasteiger partial charge in [-0.05, 0) is 55.5 Å². The summed E-state index contributed by atoms with van der Waals surface area (Å²) in [5.41, 5.74) is 0.873. The van der Waals surface area contributed by atoms with Gasteiger partial charge in [-0.1, -0.05) is 13.8 Å². The van der Waals surface area contributed by atoms with Gasteiger partial charge in [-0.3, -0.25) is 0 Å². The van der Waals surface area contributed by atoms with Crippen molar-refractivity contribution < 1.29 is 58.7 Å². The molecular weight excluding hydrogens is 567 g/mol. The van der Waals surface area contributed by atoms with Gasteiger partial charge in [0.2, 0.25) is 0 Å². The number of cyclic esters (lactones) is 1. The van der Waals surface area contributed by atoms with Gasteiger partial charge in [0.15, 0.2) is 11.5 Å². The number of methoxy groups -OCH3 is 1. The van der Waals surface area contributed by atoms with Crippen LogP contribution in [0.3, 0.4) is 0 Å². The van der Waals surface area contributed by atoms with Crippen LogP contribution in [0.5, 0.6) is 23.0 Å². The first kappa shape index (κ1) is 31.4. The molecule has 8 nitrogen and oxygen atoms in total. The lowest BCUT2D eigenvalue weighted by molar-refractivity contribution is -0.284. The fraction of sp³-hybridized carbons (Fsp3) is 0.500. The molecule has 0 spiro atoms. The molecule has 1 aliphatic rings. The lowest BCUT2D eigenvalue weighted by atomic mass is 9.96. The summed E-state index contributed by atoms with van der Waals surface area (Å²) >= 11 is 0. The second-order valence-electron chi connectivity index (χ2n) is 9.81. The van der Waals surface area contributed by atoms with Gasteiger partial charge in [0.1, 0.15) is 29.4 Å². The van der Waals surface area contributed by atoms with E-state index >= 15 is 0 Å². The number of hydrogen-bond donors (Lipinski definition) is 1. The van der Waals surface area contributed by atoms with Crippen molar-refractivity contribution in [3.63, 3.8) is 0 Å². The quantitative estimate of drug-likeness (QED) is 0.146. The van der Waals surface area contributed by atoms with E-state index in [1.165, 1.54) is 25.3 Å². The largest absolute Gasteiger partial charge is 0.495 e. The van der Waals surface area contributed by atoms with E-state index in [2.05, 4.69) is 0 Å². The van der Waals surface area contributed by atoms with E-state index in [9.17, 15) is 40.3 Å². The first-order valence-corrected chi connectivity index (χ1v) is 13.8. The van der Waals surface area contributed by atoms with Crippen molar-refractivity contribution in [1.82, 2.24) is 0 Å². The number of aryl methyl sites for hydroxylation is 1. The van der Waals surface area contributed by atoms with E-state index < -0.39 is 52.9 Å². The number of alkyl halides is 5. The van der Waals surface area contributed by atoms with E-state index in [1.54, 1.807) is 13.0 Å². The Morgan fingerprint density at radius 3 is 2.45 bits per heavy atom. The third kappa shape index (κ3) is 7.14. The Balaban J connectivity index is 1.97. The van der Waals surface area contributed by atoms with Gasteiger partial charge in [0.25, 0.3) is 0 Å². The summed E-state index contributed by atoms with van der Waals surface area (Å²) in [6, 6.07) is 5.73. The van der Waals surface area contributed by atoms with Crippen LogP contribution in [0, 0.1) is 12.8 Å². The fourth-order valence-electron chi connectivity index (χ4n) is 4.14. The molecule has 40 heavy (non-hydrogen) atoms. The number of fused-ring (bicyclic) bond motifs is 2. The summed E-state index contributed by atoms with van der Waals surface area (Å²) in [4.78, 5) is 13.0. The first-order chi connectivity index (χ1) is 18.5. The van der Waals surface area contributed by atoms with Gasteiger partial charge in [0, 0.05) is 17.5 Å². The van der Waals surface area contributed by atoms with Gasteiger partial charge >= 0.3 is 28.2 Å². The minimum atomic E-state index is -5.79. The number of hydrogen-bond acceptors (Lipinski definition) is 7. The van der Waals surface area contributed by atoms with Crippen LogP contribution in [-0.2, 0) is 21.5 Å². The Bertz CT molecular complexity index is 1360. The Morgan fingerprint density at radius 2 is 1.85 bits per heavy atom. The van der Waals surface area contributed by atoms with Crippen LogP contribution < -0.4 is 13.7 Å². The van der Waals surface area contributed by atoms with Crippen LogP contribution in [0.25, 0.3) is 0 Å². The molecule has 0 saturated carbocycles. The summed E-state index contributed by atoms with van der Waals surface area (Å²) in [5, 5.41) is 10.7. The highest BCUT2D eigenvalue weighted by Gasteiger charge is 2.56. The maximum Gasteiger partial charge on any atom is 0.453 e. The lowest BCUT2D eigenvalue weighted by Crippen LogP contribution is -2.36. The molecule has 0 saturated heterocycles. The number of rotatable bonds is 10. The molecule has 2 N–H and O–H groups in total. The third-order valence-electron chi connectivity index (χ3n) is 5.99. The smallest absolute Gasteiger partial charge is 0.453 e. The van der Waals surface area contributed by atoms with Crippen LogP contribution >= 0.6 is 0 Å². The van der Waals surface area contributed by atoms with Crippen LogP contribution in [0.1, 0.15) is 66.3 Å². The van der Waals surface area contributed by atoms with Gasteiger partial charge in [-0.15, -0.1) is 4.21 Å². The molecule has 0 bridgehead atoms. The molecule has 1 aliphatic heterocycles. The van der Waals surface area contributed by atoms with E-state index in [1.807, 2.05) is 13.8 Å². The van der Waals surface area contributed by atoms with Crippen molar-refractivity contribution >= 4 is 16.1 Å². The molecule has 0 aromatic heterocycles. The van der Waals surface area contributed by atoms with Crippen molar-refractivity contribution in [3.05, 3.63) is 46.5 Å². The molecule has 0 fully saturated rings. The normalized spacial score (nSPS) is 16.0. The van der Waals surface area contributed by atoms with Gasteiger partial charge in [0.05, 0.1) is 13.2 Å². The van der Waals surface area contributed by atoms with Crippen molar-refractivity contribution in [3.8, 4) is 23.0 Å². The van der Waals surface area contributed by atoms with Crippen molar-refractivity contribution in [2.24, 2.45) is 5.92 Å². The number of esters is 1. The summed E-state index contributed by atoms with van der Waals surface area (Å²) in [5.74, 6) is -7.30. The average molecular weight is 598 g/mol. The topological polar surface area (TPSA) is 113 Å². The van der Waals surface area contributed by atoms with E-state index in [-0.39, 0.29) is 46.6 Å². The van der Waals surface area contributed by atoms with Gasteiger partial charge < -0.3 is 23.5 Å². The SMILES string of the molecule is COc1c([C@@H](O)CC(C)C)ccc2c1C(=O)OCc1cc(C)cc(OS(=O)(=[OH+])CCCC(F)(F)C(F)(F)F)c1O2. The molecule has 0 aliphatic carbocycles. The number of benzene rings is 2. The average Bonchev–Trinajstić information content (AvgIpc) is 2.81. The number of aliphatic hydroxyl groups is 1. The fourth-order valence-corrected chi connectivity index (χ4v) is 5.13. The van der Waals surface area contributed by atoms with Gasteiger partial charge in [-0.25, -0.2) is 4.79 Å². The number of ether oxygens (including phenoxy) is 3. The second-order valence-corrected chi connectivity index (χ2v) is 11.5. The molecule has 2 atom stereocenters.